The van der Waals surface area contributed by atoms with E-state index in [4.69, 9.17) is 4.98 Å². The molecule has 3 aromatic heterocycles. The maximum absolute atomic E-state index is 12.8. The summed E-state index contributed by atoms with van der Waals surface area (Å²) in [5, 5.41) is 8.94. The number of H-pyrrole nitrogens is 1. The van der Waals surface area contributed by atoms with E-state index in [-0.39, 0.29) is 0 Å². The Morgan fingerprint density at radius 1 is 1.10 bits per heavy atom. The molecule has 1 N–H and O–H groups in total. The molecule has 10 heteroatoms. The Morgan fingerprint density at radius 3 is 2.65 bits per heavy atom. The number of nitrogens with zero attached hydrogens (tertiary/aromatic N) is 6. The Hall–Kier alpha value is -3.14. The van der Waals surface area contributed by atoms with Crippen molar-refractivity contribution in [3.63, 3.8) is 0 Å². The fraction of sp³-hybridized carbons (Fsp3) is 0.381. The summed E-state index contributed by atoms with van der Waals surface area (Å²) in [7, 11) is 0. The molecule has 4 aromatic rings. The van der Waals surface area contributed by atoms with E-state index in [1.54, 1.807) is 6.33 Å². The zero-order chi connectivity index (χ0) is 21.8. The minimum absolute atomic E-state index is 0.342. The van der Waals surface area contributed by atoms with Crippen LogP contribution < -0.4 is 11.2 Å². The van der Waals surface area contributed by atoms with E-state index < -0.39 is 11.2 Å². The highest BCUT2D eigenvalue weighted by molar-refractivity contribution is 7.98. The highest BCUT2D eigenvalue weighted by Crippen LogP contribution is 2.23. The average molecular weight is 440 g/mol. The number of hydrogen-bond donors (Lipinski definition) is 1. The summed E-state index contributed by atoms with van der Waals surface area (Å²) >= 11 is 1.52. The van der Waals surface area contributed by atoms with Gasteiger partial charge in [0.05, 0.1) is 12.3 Å². The molecule has 0 radical (unpaired) electrons. The van der Waals surface area contributed by atoms with Crippen molar-refractivity contribution in [1.82, 2.24) is 33.9 Å². The van der Waals surface area contributed by atoms with Crippen LogP contribution in [0, 0.1) is 0 Å². The summed E-state index contributed by atoms with van der Waals surface area (Å²) in [6.45, 7) is 5.92. The quantitative estimate of drug-likeness (QED) is 0.402. The van der Waals surface area contributed by atoms with Crippen molar-refractivity contribution in [1.29, 1.82) is 0 Å². The number of aromatic amines is 1. The number of aryl methyl sites for hydroxylation is 2. The molecule has 0 saturated carbocycles. The Labute approximate surface area is 183 Å². The van der Waals surface area contributed by atoms with Crippen LogP contribution in [-0.4, -0.2) is 33.9 Å². The molecular formula is C21H25N7O2S. The number of rotatable bonds is 9. The summed E-state index contributed by atoms with van der Waals surface area (Å²) in [4.78, 5) is 32.7. The predicted molar refractivity (Wildman–Crippen MR) is 120 cm³/mol. The minimum atomic E-state index is -0.452. The molecule has 0 aliphatic heterocycles. The van der Waals surface area contributed by atoms with Gasteiger partial charge in [-0.25, -0.2) is 9.78 Å². The van der Waals surface area contributed by atoms with E-state index in [2.05, 4.69) is 22.1 Å². The van der Waals surface area contributed by atoms with Crippen LogP contribution in [0.2, 0.25) is 0 Å². The van der Waals surface area contributed by atoms with Crippen molar-refractivity contribution in [2.45, 2.75) is 57.2 Å². The molecule has 0 bridgehead atoms. The molecule has 0 saturated heterocycles. The van der Waals surface area contributed by atoms with Crippen LogP contribution in [0.5, 0.6) is 0 Å². The van der Waals surface area contributed by atoms with Gasteiger partial charge in [-0.1, -0.05) is 55.4 Å². The van der Waals surface area contributed by atoms with Gasteiger partial charge in [-0.05, 0) is 18.9 Å². The Kier molecular flexibility index (Phi) is 6.36. The van der Waals surface area contributed by atoms with Crippen LogP contribution in [0.1, 0.15) is 38.1 Å². The first-order valence-electron chi connectivity index (χ1n) is 10.4. The molecule has 31 heavy (non-hydrogen) atoms. The third-order valence-corrected chi connectivity index (χ3v) is 6.11. The standard InChI is InChI=1S/C21H25N7O2S/c1-3-5-11-27-16(13-31-21-25-22-14-26(21)4-2)23-18-17(27)19(29)24-20(30)28(18)12-15-9-7-6-8-10-15/h6-10,14H,3-5,11-13H2,1-2H3,(H,24,29,30). The van der Waals surface area contributed by atoms with E-state index >= 15 is 0 Å². The van der Waals surface area contributed by atoms with Crippen molar-refractivity contribution < 1.29 is 0 Å². The molecule has 3 heterocycles. The maximum atomic E-state index is 12.8. The largest absolute Gasteiger partial charge is 0.330 e. The summed E-state index contributed by atoms with van der Waals surface area (Å²) < 4.78 is 5.44. The van der Waals surface area contributed by atoms with Gasteiger partial charge in [-0.2, -0.15) is 0 Å². The predicted octanol–water partition coefficient (Wildman–Crippen LogP) is 2.64. The van der Waals surface area contributed by atoms with Crippen LogP contribution in [0.25, 0.3) is 11.2 Å². The molecule has 0 atom stereocenters. The molecule has 162 valence electrons. The van der Waals surface area contributed by atoms with E-state index in [9.17, 15) is 9.59 Å². The normalized spacial score (nSPS) is 11.4. The lowest BCUT2D eigenvalue weighted by Crippen LogP contribution is -2.31. The molecule has 9 nitrogen and oxygen atoms in total. The molecule has 0 aliphatic carbocycles. The number of thioether (sulfide) groups is 1. The van der Waals surface area contributed by atoms with Crippen LogP contribution >= 0.6 is 11.8 Å². The number of unbranched alkanes of at least 4 members (excludes halogenated alkanes) is 1. The van der Waals surface area contributed by atoms with Crippen LogP contribution in [0.15, 0.2) is 51.4 Å². The molecule has 0 spiro atoms. The highest BCUT2D eigenvalue weighted by atomic mass is 32.2. The fourth-order valence-corrected chi connectivity index (χ4v) is 4.43. The first kappa shape index (κ1) is 21.1. The van der Waals surface area contributed by atoms with Crippen LogP contribution in [0.4, 0.5) is 0 Å². The first-order chi connectivity index (χ1) is 15.1. The topological polar surface area (TPSA) is 103 Å². The molecule has 0 fully saturated rings. The third-order valence-electron chi connectivity index (χ3n) is 5.13. The summed E-state index contributed by atoms with van der Waals surface area (Å²) in [6.07, 6.45) is 3.59. The number of nitrogens with one attached hydrogen (secondary N) is 1. The monoisotopic (exact) mass is 439 g/mol. The molecule has 1 aromatic carbocycles. The molecule has 0 aliphatic rings. The van der Waals surface area contributed by atoms with E-state index in [1.807, 2.05) is 46.4 Å². The fourth-order valence-electron chi connectivity index (χ4n) is 3.50. The van der Waals surface area contributed by atoms with Gasteiger partial charge in [-0.15, -0.1) is 10.2 Å². The molecule has 4 rings (SSSR count). The lowest BCUT2D eigenvalue weighted by atomic mass is 10.2. The number of fused-ring (bicyclic) bond motifs is 1. The summed E-state index contributed by atoms with van der Waals surface area (Å²) in [6, 6.07) is 9.68. The molecular weight excluding hydrogens is 414 g/mol. The van der Waals surface area contributed by atoms with Crippen LogP contribution in [0.3, 0.4) is 0 Å². The number of imidazole rings is 1. The first-order valence-corrected chi connectivity index (χ1v) is 11.4. The van der Waals surface area contributed by atoms with Crippen molar-refractivity contribution in [3.8, 4) is 0 Å². The molecule has 0 unspecified atom stereocenters. The van der Waals surface area contributed by atoms with Crippen LogP contribution in [-0.2, 0) is 25.4 Å². The van der Waals surface area contributed by atoms with Crippen molar-refractivity contribution in [2.24, 2.45) is 0 Å². The van der Waals surface area contributed by atoms with Gasteiger partial charge >= 0.3 is 5.69 Å². The average Bonchev–Trinajstić information content (AvgIpc) is 3.38. The Morgan fingerprint density at radius 2 is 1.90 bits per heavy atom. The van der Waals surface area contributed by atoms with Crippen molar-refractivity contribution in [2.75, 3.05) is 0 Å². The highest BCUT2D eigenvalue weighted by Gasteiger charge is 2.19. The van der Waals surface area contributed by atoms with Crippen molar-refractivity contribution >= 4 is 22.9 Å². The second-order valence-electron chi connectivity index (χ2n) is 7.22. The second-order valence-corrected chi connectivity index (χ2v) is 8.17. The van der Waals surface area contributed by atoms with E-state index in [1.165, 1.54) is 16.3 Å². The van der Waals surface area contributed by atoms with Gasteiger partial charge in [0.2, 0.25) is 0 Å². The maximum Gasteiger partial charge on any atom is 0.330 e. The lowest BCUT2D eigenvalue weighted by molar-refractivity contribution is 0.626. The molecule has 0 amide bonds. The Bertz CT molecular complexity index is 1290. The zero-order valence-corrected chi connectivity index (χ0v) is 18.4. The van der Waals surface area contributed by atoms with E-state index in [0.717, 1.165) is 35.9 Å². The minimum Gasteiger partial charge on any atom is -0.321 e. The summed E-state index contributed by atoms with van der Waals surface area (Å²) in [5.74, 6) is 1.27. The lowest BCUT2D eigenvalue weighted by Gasteiger charge is -2.09. The third kappa shape index (κ3) is 4.34. The van der Waals surface area contributed by atoms with Gasteiger partial charge in [0.1, 0.15) is 12.2 Å². The number of aromatic nitrogens is 7. The number of benzene rings is 1. The van der Waals surface area contributed by atoms with E-state index in [0.29, 0.717) is 30.0 Å². The SMILES string of the molecule is CCCCn1c(CSc2nncn2CC)nc2c1c(=O)[nH]c(=O)n2Cc1ccccc1. The number of hydrogen-bond acceptors (Lipinski definition) is 6. The van der Waals surface area contributed by atoms with Gasteiger partial charge in [0, 0.05) is 13.1 Å². The summed E-state index contributed by atoms with van der Waals surface area (Å²) in [5.41, 5.74) is 0.971. The van der Waals surface area contributed by atoms with Gasteiger partial charge < -0.3 is 9.13 Å². The van der Waals surface area contributed by atoms with Gasteiger partial charge in [0.15, 0.2) is 16.3 Å². The van der Waals surface area contributed by atoms with Crippen molar-refractivity contribution in [3.05, 3.63) is 68.9 Å². The van der Waals surface area contributed by atoms with Gasteiger partial charge in [0.25, 0.3) is 5.56 Å². The second kappa shape index (κ2) is 9.34. The zero-order valence-electron chi connectivity index (χ0n) is 17.6. The smallest absolute Gasteiger partial charge is 0.321 e. The Balaban J connectivity index is 1.79. The van der Waals surface area contributed by atoms with Gasteiger partial charge in [-0.3, -0.25) is 14.3 Å².